The Morgan fingerprint density at radius 2 is 1.65 bits per heavy atom. The van der Waals surface area contributed by atoms with Gasteiger partial charge in [0.1, 0.15) is 5.84 Å². The van der Waals surface area contributed by atoms with E-state index >= 15 is 0 Å². The van der Waals surface area contributed by atoms with E-state index in [9.17, 15) is 0 Å². The van der Waals surface area contributed by atoms with Crippen LogP contribution < -0.4 is 5.32 Å². The summed E-state index contributed by atoms with van der Waals surface area (Å²) in [7, 11) is 0. The number of hydrogen-bond donors (Lipinski definition) is 1. The maximum absolute atomic E-state index is 6.28. The molecule has 1 N–H and O–H groups in total. The number of fused-ring (bicyclic) bond motifs is 1. The fourth-order valence-electron chi connectivity index (χ4n) is 2.78. The van der Waals surface area contributed by atoms with Crippen molar-refractivity contribution in [1.29, 1.82) is 0 Å². The molecular weight excluding hydrogens is 410 g/mol. The predicted molar refractivity (Wildman–Crippen MR) is 114 cm³/mol. The smallest absolute Gasteiger partial charge is 0.113 e. The van der Waals surface area contributed by atoms with Crippen LogP contribution in [0.3, 0.4) is 0 Å². The highest BCUT2D eigenvalue weighted by molar-refractivity contribution is 9.10. The minimum Gasteiger partial charge on any atom is -0.342 e. The van der Waals surface area contributed by atoms with Crippen LogP contribution in [0.1, 0.15) is 12.0 Å². The van der Waals surface area contributed by atoms with Gasteiger partial charge in [-0.15, -0.1) is 0 Å². The van der Waals surface area contributed by atoms with Crippen LogP contribution in [0.15, 0.2) is 87.3 Å². The molecule has 4 rings (SSSR count). The number of nitrogens with zero attached hydrogens (tertiary/aromatic N) is 2. The van der Waals surface area contributed by atoms with E-state index in [0.717, 1.165) is 38.6 Å². The number of para-hydroxylation sites is 3. The SMILES string of the molecule is Clc1ccccc1N=C1CC(c2ccc(Br)cc2)=Nc2ccccc2N1. The normalized spacial score (nSPS) is 15.0. The molecule has 0 aliphatic carbocycles. The number of hydrogen-bond acceptors (Lipinski definition) is 2. The molecule has 0 atom stereocenters. The minimum absolute atomic E-state index is 0.585. The number of nitrogens with one attached hydrogen (secondary N) is 1. The van der Waals surface area contributed by atoms with Gasteiger partial charge in [-0.2, -0.15) is 0 Å². The van der Waals surface area contributed by atoms with Crippen molar-refractivity contribution < 1.29 is 0 Å². The Morgan fingerprint density at radius 3 is 2.46 bits per heavy atom. The predicted octanol–water partition coefficient (Wildman–Crippen LogP) is 6.77. The maximum atomic E-state index is 6.28. The number of benzene rings is 3. The Hall–Kier alpha value is -2.43. The molecule has 0 spiro atoms. The Kier molecular flexibility index (Phi) is 4.87. The molecule has 5 heteroatoms. The Bertz CT molecular complexity index is 1010. The number of halogens is 2. The summed E-state index contributed by atoms with van der Waals surface area (Å²) in [5.74, 6) is 0.810. The summed E-state index contributed by atoms with van der Waals surface area (Å²) >= 11 is 9.77. The molecule has 0 radical (unpaired) electrons. The van der Waals surface area contributed by atoms with E-state index in [0.29, 0.717) is 11.4 Å². The van der Waals surface area contributed by atoms with Crippen molar-refractivity contribution in [2.45, 2.75) is 6.42 Å². The summed E-state index contributed by atoms with van der Waals surface area (Å²) < 4.78 is 1.04. The van der Waals surface area contributed by atoms with Gasteiger partial charge < -0.3 is 5.32 Å². The summed E-state index contributed by atoms with van der Waals surface area (Å²) in [5, 5.41) is 4.04. The standard InChI is InChI=1S/C21H15BrClN3/c22-15-11-9-14(10-12-15)20-13-21(25-17-6-2-1-5-16(17)23)26-19-8-4-3-7-18(19)24-20/h1-12H,13H2,(H,25,26). The third-order valence-electron chi connectivity index (χ3n) is 4.06. The number of rotatable bonds is 2. The quantitative estimate of drug-likeness (QED) is 0.484. The zero-order valence-corrected chi connectivity index (χ0v) is 16.1. The van der Waals surface area contributed by atoms with Crippen molar-refractivity contribution in [3.63, 3.8) is 0 Å². The van der Waals surface area contributed by atoms with Crippen molar-refractivity contribution in [2.24, 2.45) is 9.98 Å². The number of anilines is 1. The summed E-state index contributed by atoms with van der Waals surface area (Å²) in [6.07, 6.45) is 0.585. The fraction of sp³-hybridized carbons (Fsp3) is 0.0476. The summed E-state index contributed by atoms with van der Waals surface area (Å²) in [5.41, 5.74) is 4.60. The maximum Gasteiger partial charge on any atom is 0.113 e. The average molecular weight is 425 g/mol. The highest BCUT2D eigenvalue weighted by atomic mass is 79.9. The van der Waals surface area contributed by atoms with Crippen LogP contribution in [0.2, 0.25) is 5.02 Å². The zero-order valence-electron chi connectivity index (χ0n) is 13.8. The Morgan fingerprint density at radius 1 is 0.923 bits per heavy atom. The second-order valence-electron chi connectivity index (χ2n) is 5.89. The highest BCUT2D eigenvalue weighted by Gasteiger charge is 2.16. The lowest BCUT2D eigenvalue weighted by Crippen LogP contribution is -2.15. The van der Waals surface area contributed by atoms with Crippen LogP contribution in [-0.4, -0.2) is 11.5 Å². The van der Waals surface area contributed by atoms with Gasteiger partial charge in [-0.3, -0.25) is 4.99 Å². The molecule has 128 valence electrons. The van der Waals surface area contributed by atoms with Gasteiger partial charge in [-0.05, 0) is 42.0 Å². The van der Waals surface area contributed by atoms with Crippen molar-refractivity contribution in [2.75, 3.05) is 5.32 Å². The van der Waals surface area contributed by atoms with Gasteiger partial charge in [0.2, 0.25) is 0 Å². The summed E-state index contributed by atoms with van der Waals surface area (Å²) in [6, 6.07) is 23.7. The molecular formula is C21H15BrClN3. The fourth-order valence-corrected chi connectivity index (χ4v) is 3.23. The van der Waals surface area contributed by atoms with Crippen molar-refractivity contribution in [1.82, 2.24) is 0 Å². The van der Waals surface area contributed by atoms with Crippen LogP contribution >= 0.6 is 27.5 Å². The van der Waals surface area contributed by atoms with Crippen LogP contribution in [0.5, 0.6) is 0 Å². The van der Waals surface area contributed by atoms with Gasteiger partial charge in [0.15, 0.2) is 0 Å². The summed E-state index contributed by atoms with van der Waals surface area (Å²) in [4.78, 5) is 9.63. The molecule has 3 aromatic rings. The molecule has 26 heavy (non-hydrogen) atoms. The van der Waals surface area contributed by atoms with Gasteiger partial charge in [-0.25, -0.2) is 4.99 Å². The molecule has 0 unspecified atom stereocenters. The largest absolute Gasteiger partial charge is 0.342 e. The molecule has 0 fully saturated rings. The molecule has 0 saturated carbocycles. The first kappa shape index (κ1) is 17.0. The van der Waals surface area contributed by atoms with Gasteiger partial charge in [0, 0.05) is 10.9 Å². The molecule has 1 aliphatic heterocycles. The zero-order chi connectivity index (χ0) is 17.9. The number of amidine groups is 1. The van der Waals surface area contributed by atoms with E-state index in [1.165, 1.54) is 0 Å². The third-order valence-corrected chi connectivity index (χ3v) is 4.91. The molecule has 1 aliphatic rings. The lowest BCUT2D eigenvalue weighted by molar-refractivity contribution is 1.41. The van der Waals surface area contributed by atoms with Crippen molar-refractivity contribution in [3.05, 3.63) is 87.9 Å². The van der Waals surface area contributed by atoms with E-state index in [-0.39, 0.29) is 0 Å². The van der Waals surface area contributed by atoms with Crippen molar-refractivity contribution in [3.8, 4) is 0 Å². The van der Waals surface area contributed by atoms with Crippen LogP contribution in [0.25, 0.3) is 0 Å². The molecule has 3 nitrogen and oxygen atoms in total. The van der Waals surface area contributed by atoms with Crippen molar-refractivity contribution >= 4 is 56.1 Å². The molecule has 1 heterocycles. The second-order valence-corrected chi connectivity index (χ2v) is 7.22. The van der Waals surface area contributed by atoms with Gasteiger partial charge >= 0.3 is 0 Å². The first-order chi connectivity index (χ1) is 12.7. The van der Waals surface area contributed by atoms with E-state index in [2.05, 4.69) is 33.4 Å². The molecule has 0 amide bonds. The molecule has 0 aromatic heterocycles. The van der Waals surface area contributed by atoms with Crippen LogP contribution in [0, 0.1) is 0 Å². The molecule has 0 bridgehead atoms. The lowest BCUT2D eigenvalue weighted by atomic mass is 10.1. The first-order valence-electron chi connectivity index (χ1n) is 8.21. The summed E-state index contributed by atoms with van der Waals surface area (Å²) in [6.45, 7) is 0. The van der Waals surface area contributed by atoms with Gasteiger partial charge in [-0.1, -0.05) is 63.9 Å². The lowest BCUT2D eigenvalue weighted by Gasteiger charge is -2.09. The Balaban J connectivity index is 1.80. The highest BCUT2D eigenvalue weighted by Crippen LogP contribution is 2.31. The van der Waals surface area contributed by atoms with E-state index < -0.39 is 0 Å². The monoisotopic (exact) mass is 423 g/mol. The number of aliphatic imine (C=N–C) groups is 2. The van der Waals surface area contributed by atoms with E-state index in [4.69, 9.17) is 21.6 Å². The third kappa shape index (κ3) is 3.71. The van der Waals surface area contributed by atoms with Gasteiger partial charge in [0.25, 0.3) is 0 Å². The minimum atomic E-state index is 0.585. The topological polar surface area (TPSA) is 36.8 Å². The second kappa shape index (κ2) is 7.44. The van der Waals surface area contributed by atoms with Crippen LogP contribution in [0.4, 0.5) is 17.1 Å². The first-order valence-corrected chi connectivity index (χ1v) is 9.38. The van der Waals surface area contributed by atoms with Crippen LogP contribution in [-0.2, 0) is 0 Å². The van der Waals surface area contributed by atoms with E-state index in [1.807, 2.05) is 60.7 Å². The van der Waals surface area contributed by atoms with Gasteiger partial charge in [0.05, 0.1) is 27.8 Å². The average Bonchev–Trinajstić information content (AvgIpc) is 2.83. The molecule has 3 aromatic carbocycles. The van der Waals surface area contributed by atoms with E-state index in [1.54, 1.807) is 0 Å². The molecule has 0 saturated heterocycles. The Labute approximate surface area is 165 Å².